The molecule has 0 radical (unpaired) electrons. The maximum Gasteiger partial charge on any atom is 0.246 e. The van der Waals surface area contributed by atoms with Crippen LogP contribution in [0.1, 0.15) is 13.8 Å². The SMILES string of the molecule is COc1ccc(OC)c(N(C)C(=O)C(C)(C)C#N)c1. The molecule has 0 unspecified atom stereocenters. The first-order valence-electron chi connectivity index (χ1n) is 5.78. The number of methoxy groups -OCH3 is 2. The molecule has 0 aliphatic rings. The van der Waals surface area contributed by atoms with Gasteiger partial charge >= 0.3 is 0 Å². The zero-order chi connectivity index (χ0) is 14.6. The van der Waals surface area contributed by atoms with Crippen molar-refractivity contribution in [2.24, 2.45) is 5.41 Å². The van der Waals surface area contributed by atoms with Gasteiger partial charge in [-0.1, -0.05) is 0 Å². The molecule has 0 atom stereocenters. The molecule has 0 N–H and O–H groups in total. The second-order valence-corrected chi connectivity index (χ2v) is 4.64. The number of carbonyl (C=O) groups is 1. The summed E-state index contributed by atoms with van der Waals surface area (Å²) in [5.74, 6) is 0.858. The first kappa shape index (κ1) is 14.8. The van der Waals surface area contributed by atoms with Crippen molar-refractivity contribution in [3.63, 3.8) is 0 Å². The van der Waals surface area contributed by atoms with Crippen LogP contribution in [0.3, 0.4) is 0 Å². The molecule has 19 heavy (non-hydrogen) atoms. The van der Waals surface area contributed by atoms with Crippen LogP contribution < -0.4 is 14.4 Å². The van der Waals surface area contributed by atoms with Gasteiger partial charge in [0.25, 0.3) is 0 Å². The molecule has 0 saturated carbocycles. The topological polar surface area (TPSA) is 62.6 Å². The zero-order valence-corrected chi connectivity index (χ0v) is 11.9. The molecule has 0 bridgehead atoms. The lowest BCUT2D eigenvalue weighted by atomic mass is 9.94. The lowest BCUT2D eigenvalue weighted by Gasteiger charge is -2.25. The van der Waals surface area contributed by atoms with Crippen molar-refractivity contribution < 1.29 is 14.3 Å². The van der Waals surface area contributed by atoms with E-state index in [0.717, 1.165) is 0 Å². The minimum absolute atomic E-state index is 0.304. The third kappa shape index (κ3) is 2.97. The fraction of sp³-hybridized carbons (Fsp3) is 0.429. The Kier molecular flexibility index (Phi) is 4.38. The number of amides is 1. The van der Waals surface area contributed by atoms with E-state index < -0.39 is 5.41 Å². The Bertz CT molecular complexity index is 518. The number of anilines is 1. The van der Waals surface area contributed by atoms with Crippen LogP contribution in [0.25, 0.3) is 0 Å². The van der Waals surface area contributed by atoms with Gasteiger partial charge in [-0.3, -0.25) is 4.79 Å². The summed E-state index contributed by atoms with van der Waals surface area (Å²) < 4.78 is 10.4. The second-order valence-electron chi connectivity index (χ2n) is 4.64. The van der Waals surface area contributed by atoms with E-state index in [4.69, 9.17) is 14.7 Å². The fourth-order valence-electron chi connectivity index (χ4n) is 1.64. The Morgan fingerprint density at radius 1 is 1.32 bits per heavy atom. The molecule has 0 heterocycles. The number of hydrogen-bond donors (Lipinski definition) is 0. The van der Waals surface area contributed by atoms with E-state index >= 15 is 0 Å². The highest BCUT2D eigenvalue weighted by molar-refractivity contribution is 5.99. The lowest BCUT2D eigenvalue weighted by molar-refractivity contribution is -0.123. The molecule has 1 rings (SSSR count). The lowest BCUT2D eigenvalue weighted by Crippen LogP contribution is -2.37. The van der Waals surface area contributed by atoms with Crippen molar-refractivity contribution in [1.82, 2.24) is 0 Å². The average molecular weight is 262 g/mol. The van der Waals surface area contributed by atoms with E-state index in [9.17, 15) is 4.79 Å². The van der Waals surface area contributed by atoms with Crippen LogP contribution in [0.5, 0.6) is 11.5 Å². The van der Waals surface area contributed by atoms with E-state index in [-0.39, 0.29) is 5.91 Å². The number of rotatable bonds is 4. The molecule has 0 aromatic heterocycles. The minimum atomic E-state index is -1.09. The summed E-state index contributed by atoms with van der Waals surface area (Å²) in [6.45, 7) is 3.16. The second kappa shape index (κ2) is 5.61. The van der Waals surface area contributed by atoms with E-state index in [1.165, 1.54) is 12.0 Å². The fourth-order valence-corrected chi connectivity index (χ4v) is 1.64. The van der Waals surface area contributed by atoms with Gasteiger partial charge in [-0.05, 0) is 26.0 Å². The average Bonchev–Trinajstić information content (AvgIpc) is 2.44. The first-order chi connectivity index (χ1) is 8.87. The Hall–Kier alpha value is -2.22. The Morgan fingerprint density at radius 3 is 2.42 bits per heavy atom. The standard InChI is InChI=1S/C14H18N2O3/c1-14(2,9-15)13(17)16(3)11-8-10(18-4)6-7-12(11)19-5/h6-8H,1-5H3. The number of nitrogens with zero attached hydrogens (tertiary/aromatic N) is 2. The van der Waals surface area contributed by atoms with Crippen molar-refractivity contribution in [3.8, 4) is 17.6 Å². The number of nitriles is 1. The molecular formula is C14H18N2O3. The van der Waals surface area contributed by atoms with E-state index in [2.05, 4.69) is 0 Å². The van der Waals surface area contributed by atoms with Crippen LogP contribution in [-0.2, 0) is 4.79 Å². The molecular weight excluding hydrogens is 244 g/mol. The summed E-state index contributed by atoms with van der Waals surface area (Å²) in [5, 5.41) is 9.03. The number of carbonyl (C=O) groups excluding carboxylic acids is 1. The highest BCUT2D eigenvalue weighted by atomic mass is 16.5. The predicted octanol–water partition coefficient (Wildman–Crippen LogP) is 2.22. The summed E-state index contributed by atoms with van der Waals surface area (Å²) in [5.41, 5.74) is -0.529. The van der Waals surface area contributed by atoms with Gasteiger partial charge in [0, 0.05) is 13.1 Å². The van der Waals surface area contributed by atoms with Crippen molar-refractivity contribution >= 4 is 11.6 Å². The molecule has 0 aliphatic carbocycles. The summed E-state index contributed by atoms with van der Waals surface area (Å²) in [6, 6.07) is 7.16. The van der Waals surface area contributed by atoms with Gasteiger partial charge in [-0.25, -0.2) is 0 Å². The van der Waals surface area contributed by atoms with Gasteiger partial charge in [0.05, 0.1) is 26.0 Å². The molecule has 5 heteroatoms. The molecule has 1 aromatic carbocycles. The highest BCUT2D eigenvalue weighted by Gasteiger charge is 2.32. The van der Waals surface area contributed by atoms with Crippen LogP contribution in [0.15, 0.2) is 18.2 Å². The summed E-state index contributed by atoms with van der Waals surface area (Å²) in [7, 11) is 4.68. The molecule has 0 spiro atoms. The molecule has 0 saturated heterocycles. The van der Waals surface area contributed by atoms with Crippen molar-refractivity contribution in [1.29, 1.82) is 5.26 Å². The molecule has 1 aromatic rings. The van der Waals surface area contributed by atoms with E-state index in [0.29, 0.717) is 17.2 Å². The monoisotopic (exact) mass is 262 g/mol. The Balaban J connectivity index is 3.22. The molecule has 102 valence electrons. The van der Waals surface area contributed by atoms with Gasteiger partial charge in [0.2, 0.25) is 5.91 Å². The van der Waals surface area contributed by atoms with Crippen molar-refractivity contribution in [2.75, 3.05) is 26.2 Å². The number of ether oxygens (including phenoxy) is 2. The Morgan fingerprint density at radius 2 is 1.95 bits per heavy atom. The van der Waals surface area contributed by atoms with Gasteiger partial charge < -0.3 is 14.4 Å². The first-order valence-corrected chi connectivity index (χ1v) is 5.78. The maximum absolute atomic E-state index is 12.3. The van der Waals surface area contributed by atoms with Crippen LogP contribution in [0.2, 0.25) is 0 Å². The zero-order valence-electron chi connectivity index (χ0n) is 11.9. The van der Waals surface area contributed by atoms with Gasteiger partial charge in [-0.2, -0.15) is 5.26 Å². The van der Waals surface area contributed by atoms with Crippen LogP contribution >= 0.6 is 0 Å². The highest BCUT2D eigenvalue weighted by Crippen LogP contribution is 2.33. The summed E-state index contributed by atoms with van der Waals surface area (Å²) in [6.07, 6.45) is 0. The smallest absolute Gasteiger partial charge is 0.246 e. The Labute approximate surface area is 113 Å². The summed E-state index contributed by atoms with van der Waals surface area (Å²) in [4.78, 5) is 13.7. The quantitative estimate of drug-likeness (QED) is 0.834. The predicted molar refractivity (Wildman–Crippen MR) is 72.4 cm³/mol. The molecule has 0 fully saturated rings. The molecule has 0 aliphatic heterocycles. The van der Waals surface area contributed by atoms with E-state index in [1.807, 2.05) is 6.07 Å². The van der Waals surface area contributed by atoms with Gasteiger partial charge in [0.15, 0.2) is 0 Å². The molecule has 5 nitrogen and oxygen atoms in total. The van der Waals surface area contributed by atoms with E-state index in [1.54, 1.807) is 46.2 Å². The minimum Gasteiger partial charge on any atom is -0.497 e. The van der Waals surface area contributed by atoms with Crippen LogP contribution in [0.4, 0.5) is 5.69 Å². The number of benzene rings is 1. The van der Waals surface area contributed by atoms with Gasteiger partial charge in [-0.15, -0.1) is 0 Å². The third-order valence-corrected chi connectivity index (χ3v) is 2.87. The third-order valence-electron chi connectivity index (χ3n) is 2.87. The summed E-state index contributed by atoms with van der Waals surface area (Å²) >= 11 is 0. The molecule has 1 amide bonds. The van der Waals surface area contributed by atoms with Gasteiger partial charge in [0.1, 0.15) is 16.9 Å². The van der Waals surface area contributed by atoms with Crippen molar-refractivity contribution in [3.05, 3.63) is 18.2 Å². The van der Waals surface area contributed by atoms with Crippen LogP contribution in [-0.4, -0.2) is 27.2 Å². The van der Waals surface area contributed by atoms with Crippen molar-refractivity contribution in [2.45, 2.75) is 13.8 Å². The maximum atomic E-state index is 12.3. The largest absolute Gasteiger partial charge is 0.497 e. The number of hydrogen-bond acceptors (Lipinski definition) is 4. The normalized spacial score (nSPS) is 10.5. The van der Waals surface area contributed by atoms with Crippen LogP contribution in [0, 0.1) is 16.7 Å².